The van der Waals surface area contributed by atoms with Gasteiger partial charge >= 0.3 is 5.97 Å². The second-order valence-electron chi connectivity index (χ2n) is 4.62. The van der Waals surface area contributed by atoms with Gasteiger partial charge in [0.05, 0.1) is 13.0 Å². The Balaban J connectivity index is 2.27. The fraction of sp³-hybridized carbons (Fsp3) is 0.500. The van der Waals surface area contributed by atoms with Gasteiger partial charge in [-0.3, -0.25) is 4.79 Å². The van der Waals surface area contributed by atoms with Crippen LogP contribution in [0.15, 0.2) is 30.3 Å². The van der Waals surface area contributed by atoms with Crippen LogP contribution in [0.1, 0.15) is 30.7 Å². The summed E-state index contributed by atoms with van der Waals surface area (Å²) in [4.78, 5) is 12.0. The maximum atomic E-state index is 12.0. The van der Waals surface area contributed by atoms with Gasteiger partial charge in [0.2, 0.25) is 0 Å². The SMILES string of the molecule is COC(=O)C(c1ccccc1)C1CCCCN1[O-]. The lowest BCUT2D eigenvalue weighted by atomic mass is 9.86. The number of esters is 1. The third-order valence-corrected chi connectivity index (χ3v) is 3.50. The molecule has 1 aliphatic heterocycles. The molecule has 4 nitrogen and oxygen atoms in total. The molecular formula is C14H18NO3-. The van der Waals surface area contributed by atoms with Crippen LogP contribution in [-0.2, 0) is 9.53 Å². The van der Waals surface area contributed by atoms with Gasteiger partial charge in [-0.1, -0.05) is 36.8 Å². The fourth-order valence-electron chi connectivity index (χ4n) is 2.57. The van der Waals surface area contributed by atoms with E-state index in [1.54, 1.807) is 0 Å². The van der Waals surface area contributed by atoms with E-state index in [0.717, 1.165) is 29.9 Å². The molecule has 1 heterocycles. The van der Waals surface area contributed by atoms with Crippen molar-refractivity contribution in [1.82, 2.24) is 5.06 Å². The number of hydroxylamine groups is 2. The number of hydrogen-bond acceptors (Lipinski definition) is 4. The topological polar surface area (TPSA) is 52.6 Å². The molecule has 0 bridgehead atoms. The summed E-state index contributed by atoms with van der Waals surface area (Å²) in [7, 11) is 1.37. The van der Waals surface area contributed by atoms with Gasteiger partial charge in [-0.05, 0) is 24.9 Å². The largest absolute Gasteiger partial charge is 0.785 e. The summed E-state index contributed by atoms with van der Waals surface area (Å²) in [5, 5.41) is 13.0. The Labute approximate surface area is 107 Å². The number of hydrogen-bond donors (Lipinski definition) is 0. The third-order valence-electron chi connectivity index (χ3n) is 3.50. The van der Waals surface area contributed by atoms with Crippen LogP contribution in [0.3, 0.4) is 0 Å². The first-order chi connectivity index (χ1) is 8.74. The van der Waals surface area contributed by atoms with Crippen LogP contribution in [-0.4, -0.2) is 30.7 Å². The van der Waals surface area contributed by atoms with E-state index in [1.165, 1.54) is 7.11 Å². The molecule has 0 amide bonds. The minimum atomic E-state index is -0.478. The van der Waals surface area contributed by atoms with Crippen molar-refractivity contribution in [2.45, 2.75) is 31.2 Å². The molecule has 1 aromatic carbocycles. The molecule has 1 aromatic rings. The molecular weight excluding hydrogens is 230 g/mol. The molecule has 2 rings (SSSR count). The van der Waals surface area contributed by atoms with Crippen LogP contribution in [0.4, 0.5) is 0 Å². The van der Waals surface area contributed by atoms with Gasteiger partial charge in [0, 0.05) is 6.04 Å². The first-order valence-corrected chi connectivity index (χ1v) is 6.30. The van der Waals surface area contributed by atoms with Crippen LogP contribution in [0.2, 0.25) is 0 Å². The van der Waals surface area contributed by atoms with Gasteiger partial charge in [-0.25, -0.2) is 0 Å². The van der Waals surface area contributed by atoms with E-state index >= 15 is 0 Å². The van der Waals surface area contributed by atoms with E-state index in [1.807, 2.05) is 30.3 Å². The molecule has 18 heavy (non-hydrogen) atoms. The van der Waals surface area contributed by atoms with Crippen LogP contribution < -0.4 is 0 Å². The first kappa shape index (κ1) is 13.1. The van der Waals surface area contributed by atoms with Gasteiger partial charge in [0.15, 0.2) is 0 Å². The Kier molecular flexibility index (Phi) is 4.33. The zero-order valence-electron chi connectivity index (χ0n) is 10.5. The average molecular weight is 248 g/mol. The molecule has 2 atom stereocenters. The van der Waals surface area contributed by atoms with Gasteiger partial charge in [0.25, 0.3) is 0 Å². The van der Waals surface area contributed by atoms with Crippen molar-refractivity contribution in [2.75, 3.05) is 13.7 Å². The molecule has 0 spiro atoms. The molecule has 0 aromatic heterocycles. The third kappa shape index (κ3) is 2.71. The number of benzene rings is 1. The lowest BCUT2D eigenvalue weighted by Gasteiger charge is -2.44. The van der Waals surface area contributed by atoms with Crippen molar-refractivity contribution in [3.8, 4) is 0 Å². The van der Waals surface area contributed by atoms with Crippen molar-refractivity contribution in [1.29, 1.82) is 0 Å². The minimum Gasteiger partial charge on any atom is -0.785 e. The Bertz CT molecular complexity index is 393. The predicted molar refractivity (Wildman–Crippen MR) is 68.9 cm³/mol. The van der Waals surface area contributed by atoms with Crippen molar-refractivity contribution >= 4 is 5.97 Å². The molecule has 4 heteroatoms. The normalized spacial score (nSPS) is 22.4. The van der Waals surface area contributed by atoms with E-state index in [0.29, 0.717) is 6.54 Å². The molecule has 0 saturated carbocycles. The number of piperidine rings is 1. The summed E-state index contributed by atoms with van der Waals surface area (Å²) >= 11 is 0. The van der Waals surface area contributed by atoms with Gasteiger partial charge in [-0.2, -0.15) is 0 Å². The predicted octanol–water partition coefficient (Wildman–Crippen LogP) is 2.30. The second-order valence-corrected chi connectivity index (χ2v) is 4.62. The minimum absolute atomic E-state index is 0.298. The Morgan fingerprint density at radius 1 is 1.39 bits per heavy atom. The summed E-state index contributed by atoms with van der Waals surface area (Å²) in [6.07, 6.45) is 2.64. The number of carbonyl (C=O) groups excluding carboxylic acids is 1. The quantitative estimate of drug-likeness (QED) is 0.770. The first-order valence-electron chi connectivity index (χ1n) is 6.30. The highest BCUT2D eigenvalue weighted by Crippen LogP contribution is 2.30. The fourth-order valence-corrected chi connectivity index (χ4v) is 2.57. The van der Waals surface area contributed by atoms with Crippen LogP contribution in [0.25, 0.3) is 0 Å². The Morgan fingerprint density at radius 3 is 2.72 bits per heavy atom. The van der Waals surface area contributed by atoms with Crippen molar-refractivity contribution in [3.63, 3.8) is 0 Å². The maximum Gasteiger partial charge on any atom is 0.314 e. The van der Waals surface area contributed by atoms with Crippen LogP contribution in [0, 0.1) is 5.21 Å². The molecule has 0 N–H and O–H groups in total. The summed E-state index contributed by atoms with van der Waals surface area (Å²) in [6, 6.07) is 9.11. The van der Waals surface area contributed by atoms with Crippen LogP contribution >= 0.6 is 0 Å². The molecule has 2 unspecified atom stereocenters. The highest BCUT2D eigenvalue weighted by atomic mass is 16.5. The van der Waals surface area contributed by atoms with E-state index in [9.17, 15) is 10.0 Å². The summed E-state index contributed by atoms with van der Waals surface area (Å²) < 4.78 is 4.86. The average Bonchev–Trinajstić information content (AvgIpc) is 2.42. The number of nitrogens with zero attached hydrogens (tertiary/aromatic N) is 1. The second kappa shape index (κ2) is 5.98. The standard InChI is InChI=1S/C14H18NO3/c1-18-14(16)13(11-7-3-2-4-8-11)12-9-5-6-10-15(12)17/h2-4,7-8,12-13H,5-6,9-10H2,1H3/q-1. The Hall–Kier alpha value is -1.39. The van der Waals surface area contributed by atoms with E-state index in [-0.39, 0.29) is 12.0 Å². The summed E-state index contributed by atoms with van der Waals surface area (Å²) in [6.45, 7) is 0.505. The van der Waals surface area contributed by atoms with Gasteiger partial charge < -0.3 is 15.0 Å². The molecule has 1 fully saturated rings. The van der Waals surface area contributed by atoms with Crippen molar-refractivity contribution in [3.05, 3.63) is 41.1 Å². The van der Waals surface area contributed by atoms with Crippen molar-refractivity contribution < 1.29 is 9.53 Å². The Morgan fingerprint density at radius 2 is 2.11 bits per heavy atom. The maximum absolute atomic E-state index is 12.0. The van der Waals surface area contributed by atoms with Gasteiger partial charge in [-0.15, -0.1) is 0 Å². The summed E-state index contributed by atoms with van der Waals surface area (Å²) in [5.74, 6) is -0.803. The molecule has 0 aliphatic carbocycles. The smallest absolute Gasteiger partial charge is 0.314 e. The van der Waals surface area contributed by atoms with Gasteiger partial charge in [0.1, 0.15) is 0 Å². The highest BCUT2D eigenvalue weighted by molar-refractivity contribution is 5.79. The van der Waals surface area contributed by atoms with E-state index in [2.05, 4.69) is 0 Å². The summed E-state index contributed by atoms with van der Waals surface area (Å²) in [5.41, 5.74) is 0.858. The number of methoxy groups -OCH3 is 1. The zero-order valence-corrected chi connectivity index (χ0v) is 10.5. The number of carbonyl (C=O) groups is 1. The van der Waals surface area contributed by atoms with E-state index < -0.39 is 5.92 Å². The molecule has 1 saturated heterocycles. The monoisotopic (exact) mass is 248 g/mol. The highest BCUT2D eigenvalue weighted by Gasteiger charge is 2.32. The number of rotatable bonds is 3. The molecule has 98 valence electrons. The lowest BCUT2D eigenvalue weighted by Crippen LogP contribution is -2.42. The molecule has 0 radical (unpaired) electrons. The molecule has 1 aliphatic rings. The lowest BCUT2D eigenvalue weighted by molar-refractivity contribution is -0.144. The number of ether oxygens (including phenoxy) is 1. The van der Waals surface area contributed by atoms with Crippen molar-refractivity contribution in [2.24, 2.45) is 0 Å². The van der Waals surface area contributed by atoms with E-state index in [4.69, 9.17) is 4.74 Å². The van der Waals surface area contributed by atoms with Crippen LogP contribution in [0.5, 0.6) is 0 Å². The zero-order chi connectivity index (χ0) is 13.0.